The molecule has 0 bridgehead atoms. The molecule has 0 aliphatic carbocycles. The SMILES string of the molecule is CCCCCOc1cccc(C(=O)c2ccc3ccccc3c2-c2ccc(OCCN3CCCCC3)cc2)c1. The summed E-state index contributed by atoms with van der Waals surface area (Å²) in [5.41, 5.74) is 3.28. The Labute approximate surface area is 232 Å². The van der Waals surface area contributed by atoms with Crippen LogP contribution in [0.2, 0.25) is 0 Å². The summed E-state index contributed by atoms with van der Waals surface area (Å²) in [4.78, 5) is 16.4. The van der Waals surface area contributed by atoms with E-state index in [0.29, 0.717) is 24.3 Å². The highest BCUT2D eigenvalue weighted by Crippen LogP contribution is 2.35. The van der Waals surface area contributed by atoms with E-state index in [9.17, 15) is 4.79 Å². The molecule has 0 atom stereocenters. The molecule has 0 saturated carbocycles. The quantitative estimate of drug-likeness (QED) is 0.139. The minimum absolute atomic E-state index is 0.00313. The van der Waals surface area contributed by atoms with Crippen LogP contribution in [0, 0.1) is 0 Å². The zero-order valence-electron chi connectivity index (χ0n) is 23.0. The van der Waals surface area contributed by atoms with E-state index < -0.39 is 0 Å². The predicted octanol–water partition coefficient (Wildman–Crippen LogP) is 8.17. The van der Waals surface area contributed by atoms with Gasteiger partial charge in [-0.15, -0.1) is 0 Å². The van der Waals surface area contributed by atoms with Crippen LogP contribution in [0.4, 0.5) is 0 Å². The molecule has 1 saturated heterocycles. The number of rotatable bonds is 12. The van der Waals surface area contributed by atoms with Crippen LogP contribution in [0.3, 0.4) is 0 Å². The number of carbonyl (C=O) groups is 1. The lowest BCUT2D eigenvalue weighted by Gasteiger charge is -2.26. The maximum atomic E-state index is 13.9. The van der Waals surface area contributed by atoms with Gasteiger partial charge in [0.05, 0.1) is 6.61 Å². The number of fused-ring (bicyclic) bond motifs is 1. The van der Waals surface area contributed by atoms with Crippen molar-refractivity contribution in [2.24, 2.45) is 0 Å². The van der Waals surface area contributed by atoms with E-state index in [4.69, 9.17) is 9.47 Å². The molecule has 39 heavy (non-hydrogen) atoms. The van der Waals surface area contributed by atoms with E-state index in [2.05, 4.69) is 36.1 Å². The Morgan fingerprint density at radius 1 is 0.769 bits per heavy atom. The molecule has 1 heterocycles. The Hall–Kier alpha value is -3.63. The Morgan fingerprint density at radius 2 is 1.56 bits per heavy atom. The lowest BCUT2D eigenvalue weighted by atomic mass is 9.89. The number of hydrogen-bond acceptors (Lipinski definition) is 4. The highest BCUT2D eigenvalue weighted by Gasteiger charge is 2.18. The third-order valence-electron chi connectivity index (χ3n) is 7.55. The van der Waals surface area contributed by atoms with Crippen LogP contribution in [0.5, 0.6) is 11.5 Å². The summed E-state index contributed by atoms with van der Waals surface area (Å²) >= 11 is 0. The highest BCUT2D eigenvalue weighted by atomic mass is 16.5. The van der Waals surface area contributed by atoms with Crippen molar-refractivity contribution in [1.29, 1.82) is 0 Å². The first-order valence-corrected chi connectivity index (χ1v) is 14.5. The monoisotopic (exact) mass is 521 g/mol. The summed E-state index contributed by atoms with van der Waals surface area (Å²) in [7, 11) is 0. The van der Waals surface area contributed by atoms with Gasteiger partial charge in [0, 0.05) is 23.2 Å². The van der Waals surface area contributed by atoms with Gasteiger partial charge in [0.15, 0.2) is 5.78 Å². The molecule has 5 rings (SSSR count). The Morgan fingerprint density at radius 3 is 2.38 bits per heavy atom. The maximum absolute atomic E-state index is 13.9. The molecule has 1 aliphatic rings. The first kappa shape index (κ1) is 27.0. The number of carbonyl (C=O) groups excluding carboxylic acids is 1. The smallest absolute Gasteiger partial charge is 0.193 e. The lowest BCUT2D eigenvalue weighted by molar-refractivity contribution is 0.103. The van der Waals surface area contributed by atoms with Crippen LogP contribution in [0.1, 0.15) is 61.4 Å². The molecule has 0 radical (unpaired) electrons. The molecule has 4 heteroatoms. The van der Waals surface area contributed by atoms with Crippen LogP contribution in [-0.2, 0) is 0 Å². The molecular weight excluding hydrogens is 482 g/mol. The van der Waals surface area contributed by atoms with Crippen molar-refractivity contribution in [1.82, 2.24) is 4.90 Å². The fourth-order valence-electron chi connectivity index (χ4n) is 5.39. The zero-order chi connectivity index (χ0) is 26.9. The van der Waals surface area contributed by atoms with Crippen molar-refractivity contribution in [3.8, 4) is 22.6 Å². The van der Waals surface area contributed by atoms with E-state index in [1.165, 1.54) is 32.4 Å². The summed E-state index contributed by atoms with van der Waals surface area (Å²) < 4.78 is 12.0. The van der Waals surface area contributed by atoms with Crippen molar-refractivity contribution < 1.29 is 14.3 Å². The number of likely N-dealkylation sites (tertiary alicyclic amines) is 1. The van der Waals surface area contributed by atoms with Gasteiger partial charge in [-0.25, -0.2) is 0 Å². The molecule has 1 fully saturated rings. The first-order valence-electron chi connectivity index (χ1n) is 14.5. The average Bonchev–Trinajstić information content (AvgIpc) is 2.99. The van der Waals surface area contributed by atoms with E-state index in [0.717, 1.165) is 59.2 Å². The second kappa shape index (κ2) is 13.4. The molecule has 1 aliphatic heterocycles. The van der Waals surface area contributed by atoms with Crippen LogP contribution < -0.4 is 9.47 Å². The normalized spacial score (nSPS) is 13.9. The molecule has 4 aromatic rings. The number of nitrogens with zero attached hydrogens (tertiary/aromatic N) is 1. The van der Waals surface area contributed by atoms with Gasteiger partial charge in [-0.2, -0.15) is 0 Å². The van der Waals surface area contributed by atoms with Crippen molar-refractivity contribution in [3.63, 3.8) is 0 Å². The van der Waals surface area contributed by atoms with Crippen LogP contribution in [0.15, 0.2) is 84.9 Å². The van der Waals surface area contributed by atoms with Gasteiger partial charge in [0.2, 0.25) is 0 Å². The van der Waals surface area contributed by atoms with Crippen molar-refractivity contribution in [2.75, 3.05) is 32.8 Å². The highest BCUT2D eigenvalue weighted by molar-refractivity contribution is 6.17. The molecule has 0 amide bonds. The molecule has 4 nitrogen and oxygen atoms in total. The number of piperidine rings is 1. The van der Waals surface area contributed by atoms with Gasteiger partial charge in [0.1, 0.15) is 18.1 Å². The van der Waals surface area contributed by atoms with E-state index in [1.54, 1.807) is 0 Å². The van der Waals surface area contributed by atoms with Gasteiger partial charge in [-0.1, -0.05) is 80.8 Å². The molecule has 4 aromatic carbocycles. The molecule has 0 N–H and O–H groups in total. The lowest BCUT2D eigenvalue weighted by Crippen LogP contribution is -2.33. The number of benzene rings is 4. The fourth-order valence-corrected chi connectivity index (χ4v) is 5.39. The molecule has 0 spiro atoms. The van der Waals surface area contributed by atoms with Gasteiger partial charge < -0.3 is 9.47 Å². The van der Waals surface area contributed by atoms with Crippen LogP contribution in [-0.4, -0.2) is 43.5 Å². The summed E-state index contributed by atoms with van der Waals surface area (Å²) in [5.74, 6) is 1.60. The topological polar surface area (TPSA) is 38.8 Å². The number of unbranched alkanes of at least 4 members (excludes halogenated alkanes) is 2. The summed E-state index contributed by atoms with van der Waals surface area (Å²) in [6, 6.07) is 28.0. The van der Waals surface area contributed by atoms with Crippen LogP contribution in [0.25, 0.3) is 21.9 Å². The van der Waals surface area contributed by atoms with Gasteiger partial charge in [-0.05, 0) is 79.0 Å². The Balaban J connectivity index is 1.38. The van der Waals surface area contributed by atoms with Crippen molar-refractivity contribution >= 4 is 16.6 Å². The van der Waals surface area contributed by atoms with Gasteiger partial charge in [0.25, 0.3) is 0 Å². The summed E-state index contributed by atoms with van der Waals surface area (Å²) in [5, 5.41) is 2.17. The molecule has 0 aromatic heterocycles. The molecule has 202 valence electrons. The van der Waals surface area contributed by atoms with Crippen molar-refractivity contribution in [3.05, 3.63) is 96.1 Å². The Kier molecular flexibility index (Phi) is 9.29. The Bertz CT molecular complexity index is 1370. The van der Waals surface area contributed by atoms with Gasteiger partial charge >= 0.3 is 0 Å². The van der Waals surface area contributed by atoms with E-state index in [-0.39, 0.29) is 5.78 Å². The number of hydrogen-bond donors (Lipinski definition) is 0. The van der Waals surface area contributed by atoms with E-state index >= 15 is 0 Å². The third kappa shape index (κ3) is 6.88. The molecule has 0 unspecified atom stereocenters. The minimum Gasteiger partial charge on any atom is -0.494 e. The summed E-state index contributed by atoms with van der Waals surface area (Å²) in [6.07, 6.45) is 7.23. The molecular formula is C35H39NO3. The fraction of sp³-hybridized carbons (Fsp3) is 0.343. The predicted molar refractivity (Wildman–Crippen MR) is 160 cm³/mol. The number of ketones is 1. The van der Waals surface area contributed by atoms with Crippen molar-refractivity contribution in [2.45, 2.75) is 45.4 Å². The summed E-state index contributed by atoms with van der Waals surface area (Å²) in [6.45, 7) is 6.85. The van der Waals surface area contributed by atoms with Crippen LogP contribution >= 0.6 is 0 Å². The first-order chi connectivity index (χ1) is 19.2. The zero-order valence-corrected chi connectivity index (χ0v) is 23.0. The van der Waals surface area contributed by atoms with Gasteiger partial charge in [-0.3, -0.25) is 9.69 Å². The third-order valence-corrected chi connectivity index (χ3v) is 7.55. The number of ether oxygens (including phenoxy) is 2. The second-order valence-corrected chi connectivity index (χ2v) is 10.4. The standard InChI is InChI=1S/C35H39NO3/c1-2-3-9-24-38-31-13-10-12-29(26-31)35(37)33-20-17-27-11-5-6-14-32(27)34(33)28-15-18-30(19-16-28)39-25-23-36-21-7-4-8-22-36/h5-6,10-20,26H,2-4,7-9,21-25H2,1H3. The minimum atomic E-state index is -0.00313. The second-order valence-electron chi connectivity index (χ2n) is 10.4. The largest absolute Gasteiger partial charge is 0.494 e. The van der Waals surface area contributed by atoms with E-state index in [1.807, 2.05) is 60.7 Å². The average molecular weight is 522 g/mol. The maximum Gasteiger partial charge on any atom is 0.193 e.